The lowest BCUT2D eigenvalue weighted by Crippen LogP contribution is -2.51. The zero-order valence-corrected chi connectivity index (χ0v) is 12.9. The van der Waals surface area contributed by atoms with Crippen LogP contribution in [-0.2, 0) is 0 Å². The summed E-state index contributed by atoms with van der Waals surface area (Å²) in [5.41, 5.74) is 2.99. The molecule has 0 amide bonds. The number of nitrogens with zero attached hydrogens (tertiary/aromatic N) is 1. The van der Waals surface area contributed by atoms with Crippen LogP contribution in [0.3, 0.4) is 0 Å². The van der Waals surface area contributed by atoms with E-state index in [2.05, 4.69) is 44.3 Å². The number of hydrogen-bond acceptors (Lipinski definition) is 3. The SMILES string of the molecule is CCNC(C#N)(COc1c(C)cc(C)cc1C)C1CC1. The van der Waals surface area contributed by atoms with Crippen molar-refractivity contribution >= 4 is 0 Å². The van der Waals surface area contributed by atoms with Gasteiger partial charge in [0.2, 0.25) is 0 Å². The molecule has 0 aromatic heterocycles. The predicted octanol–water partition coefficient (Wildman–Crippen LogP) is 3.27. The van der Waals surface area contributed by atoms with E-state index in [-0.39, 0.29) is 0 Å². The minimum Gasteiger partial charge on any atom is -0.490 e. The molecule has 1 unspecified atom stereocenters. The van der Waals surface area contributed by atoms with Gasteiger partial charge in [0.1, 0.15) is 17.9 Å². The van der Waals surface area contributed by atoms with E-state index in [0.717, 1.165) is 36.3 Å². The van der Waals surface area contributed by atoms with E-state index in [1.54, 1.807) is 0 Å². The molecule has 1 aromatic rings. The standard InChI is InChI=1S/C17H24N2O/c1-5-19-17(10-18,15-6-7-15)11-20-16-13(3)8-12(2)9-14(16)4/h8-9,15,19H,5-7,11H2,1-4H3. The number of nitriles is 1. The van der Waals surface area contributed by atoms with Gasteiger partial charge in [-0.05, 0) is 57.2 Å². The number of nitrogens with one attached hydrogen (secondary N) is 1. The van der Waals surface area contributed by atoms with E-state index in [9.17, 15) is 5.26 Å². The van der Waals surface area contributed by atoms with Gasteiger partial charge >= 0.3 is 0 Å². The number of ether oxygens (including phenoxy) is 1. The maximum absolute atomic E-state index is 9.59. The minimum atomic E-state index is -0.529. The number of hydrogen-bond donors (Lipinski definition) is 1. The third-order valence-electron chi connectivity index (χ3n) is 4.01. The maximum atomic E-state index is 9.59. The topological polar surface area (TPSA) is 45.0 Å². The molecule has 1 N–H and O–H groups in total. The molecule has 0 radical (unpaired) electrons. The first kappa shape index (κ1) is 14.9. The second-order valence-corrected chi connectivity index (χ2v) is 5.90. The van der Waals surface area contributed by atoms with Crippen LogP contribution >= 0.6 is 0 Å². The fraction of sp³-hybridized carbons (Fsp3) is 0.588. The highest BCUT2D eigenvalue weighted by atomic mass is 16.5. The van der Waals surface area contributed by atoms with Gasteiger partial charge in [0, 0.05) is 0 Å². The first-order valence-corrected chi connectivity index (χ1v) is 7.39. The van der Waals surface area contributed by atoms with Gasteiger partial charge < -0.3 is 4.74 Å². The Morgan fingerprint density at radius 1 is 1.30 bits per heavy atom. The highest BCUT2D eigenvalue weighted by Crippen LogP contribution is 2.40. The van der Waals surface area contributed by atoms with Crippen molar-refractivity contribution in [2.75, 3.05) is 13.2 Å². The van der Waals surface area contributed by atoms with Crippen molar-refractivity contribution in [2.45, 2.75) is 46.1 Å². The molecule has 108 valence electrons. The molecule has 3 heteroatoms. The predicted molar refractivity (Wildman–Crippen MR) is 80.9 cm³/mol. The van der Waals surface area contributed by atoms with Crippen molar-refractivity contribution in [3.8, 4) is 11.8 Å². The van der Waals surface area contributed by atoms with Crippen molar-refractivity contribution in [2.24, 2.45) is 5.92 Å². The first-order chi connectivity index (χ1) is 9.52. The summed E-state index contributed by atoms with van der Waals surface area (Å²) >= 11 is 0. The molecule has 0 spiro atoms. The van der Waals surface area contributed by atoms with Crippen molar-refractivity contribution in [3.05, 3.63) is 28.8 Å². The normalized spacial score (nSPS) is 17.4. The van der Waals surface area contributed by atoms with Crippen LogP contribution in [0.25, 0.3) is 0 Å². The Kier molecular flexibility index (Phi) is 4.35. The van der Waals surface area contributed by atoms with E-state index >= 15 is 0 Å². The lowest BCUT2D eigenvalue weighted by atomic mass is 9.96. The molecule has 0 aliphatic heterocycles. The average Bonchev–Trinajstić information content (AvgIpc) is 3.20. The number of rotatable bonds is 6. The van der Waals surface area contributed by atoms with E-state index in [1.165, 1.54) is 5.56 Å². The molecular formula is C17H24N2O. The van der Waals surface area contributed by atoms with Gasteiger partial charge in [-0.25, -0.2) is 0 Å². The van der Waals surface area contributed by atoms with Crippen molar-refractivity contribution in [1.29, 1.82) is 5.26 Å². The van der Waals surface area contributed by atoms with Crippen LogP contribution < -0.4 is 10.1 Å². The molecule has 0 heterocycles. The van der Waals surface area contributed by atoms with E-state index in [4.69, 9.17) is 4.74 Å². The molecule has 1 aliphatic carbocycles. The van der Waals surface area contributed by atoms with Gasteiger partial charge in [0.25, 0.3) is 0 Å². The quantitative estimate of drug-likeness (QED) is 0.864. The van der Waals surface area contributed by atoms with Crippen LogP contribution in [0.2, 0.25) is 0 Å². The highest BCUT2D eigenvalue weighted by Gasteiger charge is 2.46. The van der Waals surface area contributed by atoms with Crippen LogP contribution in [0, 0.1) is 38.0 Å². The van der Waals surface area contributed by atoms with Crippen molar-refractivity contribution < 1.29 is 4.74 Å². The third-order valence-corrected chi connectivity index (χ3v) is 4.01. The van der Waals surface area contributed by atoms with Gasteiger partial charge in [0.15, 0.2) is 0 Å². The molecule has 2 rings (SSSR count). The summed E-state index contributed by atoms with van der Waals surface area (Å²) < 4.78 is 6.05. The fourth-order valence-corrected chi connectivity index (χ4v) is 2.95. The molecule has 3 nitrogen and oxygen atoms in total. The van der Waals surface area contributed by atoms with Crippen molar-refractivity contribution in [3.63, 3.8) is 0 Å². The molecule has 0 saturated heterocycles. The molecule has 1 aliphatic rings. The molecule has 20 heavy (non-hydrogen) atoms. The molecule has 0 bridgehead atoms. The van der Waals surface area contributed by atoms with E-state index in [0.29, 0.717) is 12.5 Å². The molecule has 1 fully saturated rings. The molecule has 1 atom stereocenters. The molecule has 1 saturated carbocycles. The average molecular weight is 272 g/mol. The van der Waals surface area contributed by atoms with Crippen LogP contribution in [0.5, 0.6) is 5.75 Å². The zero-order chi connectivity index (χ0) is 14.8. The summed E-state index contributed by atoms with van der Waals surface area (Å²) in [6.07, 6.45) is 2.24. The van der Waals surface area contributed by atoms with Crippen LogP contribution in [0.15, 0.2) is 12.1 Å². The minimum absolute atomic E-state index is 0.423. The van der Waals surface area contributed by atoms with Gasteiger partial charge in [-0.1, -0.05) is 24.6 Å². The Balaban J connectivity index is 2.16. The van der Waals surface area contributed by atoms with Gasteiger partial charge in [-0.2, -0.15) is 5.26 Å². The second kappa shape index (κ2) is 5.85. The largest absolute Gasteiger partial charge is 0.490 e. The fourth-order valence-electron chi connectivity index (χ4n) is 2.95. The third kappa shape index (κ3) is 2.96. The number of benzene rings is 1. The smallest absolute Gasteiger partial charge is 0.143 e. The lowest BCUT2D eigenvalue weighted by Gasteiger charge is -2.28. The Morgan fingerprint density at radius 3 is 2.35 bits per heavy atom. The maximum Gasteiger partial charge on any atom is 0.143 e. The second-order valence-electron chi connectivity index (χ2n) is 5.90. The van der Waals surface area contributed by atoms with E-state index < -0.39 is 5.54 Å². The van der Waals surface area contributed by atoms with Crippen LogP contribution in [-0.4, -0.2) is 18.7 Å². The zero-order valence-electron chi connectivity index (χ0n) is 12.9. The Hall–Kier alpha value is -1.53. The Morgan fingerprint density at radius 2 is 1.90 bits per heavy atom. The summed E-state index contributed by atoms with van der Waals surface area (Å²) in [6.45, 7) is 9.47. The first-order valence-electron chi connectivity index (χ1n) is 7.39. The summed E-state index contributed by atoms with van der Waals surface area (Å²) in [5.74, 6) is 1.35. The number of likely N-dealkylation sites (N-methyl/N-ethyl adjacent to an activating group) is 1. The number of aryl methyl sites for hydroxylation is 3. The summed E-state index contributed by atoms with van der Waals surface area (Å²) in [5, 5.41) is 12.9. The summed E-state index contributed by atoms with van der Waals surface area (Å²) in [6, 6.07) is 6.71. The van der Waals surface area contributed by atoms with Gasteiger partial charge in [-0.3, -0.25) is 5.32 Å². The van der Waals surface area contributed by atoms with Gasteiger partial charge in [-0.15, -0.1) is 0 Å². The van der Waals surface area contributed by atoms with Crippen molar-refractivity contribution in [1.82, 2.24) is 5.32 Å². The lowest BCUT2D eigenvalue weighted by molar-refractivity contribution is 0.202. The van der Waals surface area contributed by atoms with E-state index in [1.807, 2.05) is 6.92 Å². The van der Waals surface area contributed by atoms with Gasteiger partial charge in [0.05, 0.1) is 6.07 Å². The monoisotopic (exact) mass is 272 g/mol. The van der Waals surface area contributed by atoms with Crippen LogP contribution in [0.4, 0.5) is 0 Å². The summed E-state index contributed by atoms with van der Waals surface area (Å²) in [4.78, 5) is 0. The Labute approximate surface area is 121 Å². The summed E-state index contributed by atoms with van der Waals surface area (Å²) in [7, 11) is 0. The highest BCUT2D eigenvalue weighted by molar-refractivity contribution is 5.43. The van der Waals surface area contributed by atoms with Crippen LogP contribution in [0.1, 0.15) is 36.5 Å². The Bertz CT molecular complexity index is 505. The molecular weight excluding hydrogens is 248 g/mol. The molecule has 1 aromatic carbocycles.